The molecule has 1 aromatic heterocycles. The lowest BCUT2D eigenvalue weighted by Crippen LogP contribution is -2.33. The number of amides is 3. The van der Waals surface area contributed by atoms with E-state index in [1.807, 2.05) is 24.3 Å². The van der Waals surface area contributed by atoms with Crippen LogP contribution < -0.4 is 16.0 Å². The van der Waals surface area contributed by atoms with Crippen LogP contribution in [-0.2, 0) is 4.79 Å². The lowest BCUT2D eigenvalue weighted by molar-refractivity contribution is -0.136. The number of aliphatic carboxylic acids is 1. The number of anilines is 1. The van der Waals surface area contributed by atoms with Crippen molar-refractivity contribution in [3.8, 4) is 0 Å². The molecule has 0 saturated carbocycles. The molecule has 46 heavy (non-hydrogen) atoms. The van der Waals surface area contributed by atoms with Crippen molar-refractivity contribution in [2.24, 2.45) is 0 Å². The zero-order valence-electron chi connectivity index (χ0n) is 24.4. The molecule has 5 rings (SSSR count). The van der Waals surface area contributed by atoms with Crippen LogP contribution in [0, 0.1) is 5.82 Å². The molecule has 0 fully saturated rings. The van der Waals surface area contributed by atoms with Crippen LogP contribution in [0.5, 0.6) is 0 Å². The summed E-state index contributed by atoms with van der Waals surface area (Å²) in [5.74, 6) is -2.63. The molecule has 0 spiro atoms. The summed E-state index contributed by atoms with van der Waals surface area (Å²) < 4.78 is 54.1. The summed E-state index contributed by atoms with van der Waals surface area (Å²) in [6, 6.07) is 14.7. The molecule has 0 aliphatic heterocycles. The summed E-state index contributed by atoms with van der Waals surface area (Å²) in [7, 11) is 0. The van der Waals surface area contributed by atoms with E-state index < -0.39 is 47.9 Å². The Morgan fingerprint density at radius 2 is 1.65 bits per heavy atom. The van der Waals surface area contributed by atoms with Crippen molar-refractivity contribution in [2.45, 2.75) is 50.7 Å². The van der Waals surface area contributed by atoms with Crippen LogP contribution in [0.15, 0.2) is 66.7 Å². The second kappa shape index (κ2) is 14.5. The number of nitrogens with one attached hydrogen (secondary N) is 3. The third kappa shape index (κ3) is 7.89. The van der Waals surface area contributed by atoms with E-state index in [2.05, 4.69) is 27.0 Å². The summed E-state index contributed by atoms with van der Waals surface area (Å²) in [5.41, 5.74) is 3.33. The lowest BCUT2D eigenvalue weighted by Gasteiger charge is -2.21. The Hall–Kier alpha value is -4.78. The van der Waals surface area contributed by atoms with Gasteiger partial charge in [0.2, 0.25) is 0 Å². The van der Waals surface area contributed by atoms with Crippen LogP contribution in [0.2, 0.25) is 0 Å². The number of benzene rings is 3. The van der Waals surface area contributed by atoms with Crippen molar-refractivity contribution in [1.82, 2.24) is 15.6 Å². The van der Waals surface area contributed by atoms with Crippen molar-refractivity contribution in [2.75, 3.05) is 11.9 Å². The molecule has 3 aromatic carbocycles. The number of carbonyl (C=O) groups is 3. The van der Waals surface area contributed by atoms with Gasteiger partial charge in [-0.3, -0.25) is 14.9 Å². The number of fused-ring (bicyclic) bond motifs is 1. The van der Waals surface area contributed by atoms with Gasteiger partial charge in [0.1, 0.15) is 5.82 Å². The molecule has 3 amide bonds. The minimum atomic E-state index is -3.39. The fourth-order valence-electron chi connectivity index (χ4n) is 5.19. The summed E-state index contributed by atoms with van der Waals surface area (Å²) in [4.78, 5) is 40.6. The van der Waals surface area contributed by atoms with Gasteiger partial charge in [0.15, 0.2) is 11.3 Å². The predicted molar refractivity (Wildman–Crippen MR) is 167 cm³/mol. The number of carbonyl (C=O) groups excluding carboxylic acids is 2. The highest BCUT2D eigenvalue weighted by atomic mass is 32.1. The van der Waals surface area contributed by atoms with E-state index in [9.17, 15) is 31.9 Å². The van der Waals surface area contributed by atoms with E-state index in [0.29, 0.717) is 11.1 Å². The molecule has 8 nitrogen and oxygen atoms in total. The number of halogens is 4. The van der Waals surface area contributed by atoms with Gasteiger partial charge in [0, 0.05) is 23.7 Å². The van der Waals surface area contributed by atoms with Crippen molar-refractivity contribution >= 4 is 50.2 Å². The number of hydrogen-bond acceptors (Lipinski definition) is 5. The molecule has 0 radical (unpaired) electrons. The normalized spacial score (nSPS) is 14.4. The molecule has 4 aromatic rings. The summed E-state index contributed by atoms with van der Waals surface area (Å²) in [6.45, 7) is -0.0245. The molecule has 2 unspecified atom stereocenters. The molecule has 2 atom stereocenters. The maximum atomic E-state index is 14.3. The molecule has 4 N–H and O–H groups in total. The molecular weight excluding hydrogens is 624 g/mol. The van der Waals surface area contributed by atoms with E-state index in [1.165, 1.54) is 5.57 Å². The van der Waals surface area contributed by atoms with E-state index in [4.69, 9.17) is 5.11 Å². The third-order valence-electron chi connectivity index (χ3n) is 7.56. The van der Waals surface area contributed by atoms with Crippen molar-refractivity contribution in [1.29, 1.82) is 0 Å². The fourth-order valence-corrected chi connectivity index (χ4v) is 6.08. The monoisotopic (exact) mass is 654 g/mol. The highest BCUT2D eigenvalue weighted by Crippen LogP contribution is 2.34. The number of allylic oxidation sites excluding steroid dienone is 2. The average Bonchev–Trinajstić information content (AvgIpc) is 3.43. The summed E-state index contributed by atoms with van der Waals surface area (Å²) >= 11 is 0.879. The Morgan fingerprint density at radius 1 is 0.957 bits per heavy atom. The van der Waals surface area contributed by atoms with E-state index in [0.717, 1.165) is 60.3 Å². The highest BCUT2D eigenvalue weighted by Gasteiger charge is 2.26. The second-order valence-electron chi connectivity index (χ2n) is 10.7. The number of thiazole rings is 1. The van der Waals surface area contributed by atoms with E-state index >= 15 is 0 Å². The molecular formula is C33H30F4N4O4S. The SMILES string of the molecule is O=C(O)CCNC(=O)c1ccc(C(NC(=O)Nc2nc3cc(F)c(C(F)C(F)F)cc3s2)c2ccc(C3=CCCCC3)cc2)cc1. The quantitative estimate of drug-likeness (QED) is 0.123. The van der Waals surface area contributed by atoms with Crippen LogP contribution in [-0.4, -0.2) is 41.0 Å². The van der Waals surface area contributed by atoms with E-state index in [1.54, 1.807) is 24.3 Å². The number of urea groups is 1. The van der Waals surface area contributed by atoms with Gasteiger partial charge in [0.25, 0.3) is 12.3 Å². The Balaban J connectivity index is 1.37. The van der Waals surface area contributed by atoms with Gasteiger partial charge in [0.05, 0.1) is 22.7 Å². The number of carboxylic acid groups (broad SMARTS) is 1. The smallest absolute Gasteiger partial charge is 0.321 e. The molecule has 0 saturated heterocycles. The van der Waals surface area contributed by atoms with Crippen LogP contribution in [0.4, 0.5) is 27.5 Å². The summed E-state index contributed by atoms with van der Waals surface area (Å²) in [6.07, 6.45) is 0.120. The fraction of sp³-hybridized carbons (Fsp3) is 0.273. The number of rotatable bonds is 11. The van der Waals surface area contributed by atoms with Gasteiger partial charge < -0.3 is 15.7 Å². The van der Waals surface area contributed by atoms with Crippen molar-refractivity contribution in [3.05, 3.63) is 100 Å². The number of aromatic nitrogens is 1. The Kier molecular flexibility index (Phi) is 10.3. The van der Waals surface area contributed by atoms with Crippen LogP contribution in [0.1, 0.15) is 76.9 Å². The molecule has 1 aliphatic carbocycles. The first kappa shape index (κ1) is 32.6. The van der Waals surface area contributed by atoms with Gasteiger partial charge in [-0.2, -0.15) is 0 Å². The minimum absolute atomic E-state index is 0.0245. The Bertz CT molecular complexity index is 1760. The van der Waals surface area contributed by atoms with Gasteiger partial charge in [-0.15, -0.1) is 0 Å². The van der Waals surface area contributed by atoms with E-state index in [-0.39, 0.29) is 28.3 Å². The van der Waals surface area contributed by atoms with Gasteiger partial charge in [-0.1, -0.05) is 53.8 Å². The number of alkyl halides is 3. The molecule has 0 bridgehead atoms. The molecule has 240 valence electrons. The predicted octanol–water partition coefficient (Wildman–Crippen LogP) is 7.78. The van der Waals surface area contributed by atoms with Crippen LogP contribution in [0.25, 0.3) is 15.8 Å². The van der Waals surface area contributed by atoms with Gasteiger partial charge in [-0.05, 0) is 66.1 Å². The zero-order chi connectivity index (χ0) is 32.8. The third-order valence-corrected chi connectivity index (χ3v) is 8.49. The minimum Gasteiger partial charge on any atom is -0.481 e. The first-order valence-corrected chi connectivity index (χ1v) is 15.4. The highest BCUT2D eigenvalue weighted by molar-refractivity contribution is 7.22. The Morgan fingerprint density at radius 3 is 2.28 bits per heavy atom. The van der Waals surface area contributed by atoms with Gasteiger partial charge in [-0.25, -0.2) is 27.3 Å². The van der Waals surface area contributed by atoms with Crippen molar-refractivity contribution < 1.29 is 37.1 Å². The standard InChI is InChI=1S/C33H30F4N4O4S/c34-24-17-25-26(16-23(24)28(35)30(36)37)46-33(39-25)41-32(45)40-29(20-8-6-19(7-9-20)18-4-2-1-3-5-18)21-10-12-22(13-11-21)31(44)38-15-14-27(42)43/h4,6-13,16-17,28-30H,1-3,5,14-15H2,(H,38,44)(H,42,43)(H2,39,40,41,45). The Labute approximate surface area is 265 Å². The first-order chi connectivity index (χ1) is 22.1. The largest absolute Gasteiger partial charge is 0.481 e. The molecule has 1 heterocycles. The number of hydrogen-bond donors (Lipinski definition) is 4. The molecule has 1 aliphatic rings. The summed E-state index contributed by atoms with van der Waals surface area (Å²) in [5, 5.41) is 16.9. The lowest BCUT2D eigenvalue weighted by atomic mass is 9.91. The maximum Gasteiger partial charge on any atom is 0.321 e. The number of nitrogens with zero attached hydrogens (tertiary/aromatic N) is 1. The number of carboxylic acids is 1. The first-order valence-electron chi connectivity index (χ1n) is 14.6. The second-order valence-corrected chi connectivity index (χ2v) is 11.8. The topological polar surface area (TPSA) is 120 Å². The van der Waals surface area contributed by atoms with Crippen LogP contribution >= 0.6 is 11.3 Å². The van der Waals surface area contributed by atoms with Crippen LogP contribution in [0.3, 0.4) is 0 Å². The maximum absolute atomic E-state index is 14.3. The molecule has 13 heteroatoms. The van der Waals surface area contributed by atoms with Gasteiger partial charge >= 0.3 is 12.0 Å². The zero-order valence-corrected chi connectivity index (χ0v) is 25.2. The van der Waals surface area contributed by atoms with Crippen molar-refractivity contribution in [3.63, 3.8) is 0 Å². The average molecular weight is 655 g/mol.